The van der Waals surface area contributed by atoms with Gasteiger partial charge in [-0.3, -0.25) is 0 Å². The van der Waals surface area contributed by atoms with Crippen molar-refractivity contribution in [2.75, 3.05) is 0 Å². The maximum atomic E-state index is 6.33. The first kappa shape index (κ1) is 10.8. The lowest BCUT2D eigenvalue weighted by atomic mass is 9.94. The summed E-state index contributed by atoms with van der Waals surface area (Å²) in [6.45, 7) is 2.04. The Hall–Kier alpha value is -1.09. The first-order valence-electron chi connectivity index (χ1n) is 6.75. The molecule has 0 bridgehead atoms. The highest BCUT2D eigenvalue weighted by Gasteiger charge is 2.43. The molecule has 2 aliphatic carbocycles. The predicted octanol–water partition coefficient (Wildman–Crippen LogP) is 3.59. The number of aryl methyl sites for hydroxylation is 1. The van der Waals surface area contributed by atoms with Crippen LogP contribution in [-0.4, -0.2) is 14.6 Å². The Balaban J connectivity index is 1.85. The van der Waals surface area contributed by atoms with Gasteiger partial charge in [-0.25, -0.2) is 9.50 Å². The van der Waals surface area contributed by atoms with Crippen molar-refractivity contribution >= 4 is 17.2 Å². The molecule has 2 heterocycles. The average molecular weight is 262 g/mol. The van der Waals surface area contributed by atoms with E-state index >= 15 is 0 Å². The van der Waals surface area contributed by atoms with E-state index < -0.39 is 0 Å². The first-order chi connectivity index (χ1) is 8.74. The summed E-state index contributed by atoms with van der Waals surface area (Å²) in [6.07, 6.45) is 7.29. The van der Waals surface area contributed by atoms with Crippen molar-refractivity contribution in [3.63, 3.8) is 0 Å². The molecule has 0 aromatic carbocycles. The van der Waals surface area contributed by atoms with Crippen molar-refractivity contribution in [1.82, 2.24) is 14.6 Å². The normalized spacial score (nSPS) is 19.9. The fourth-order valence-corrected chi connectivity index (χ4v) is 3.24. The molecule has 4 rings (SSSR count). The Morgan fingerprint density at radius 3 is 2.56 bits per heavy atom. The maximum Gasteiger partial charge on any atom is 0.159 e. The second kappa shape index (κ2) is 3.70. The molecule has 0 radical (unpaired) electrons. The van der Waals surface area contributed by atoms with Gasteiger partial charge >= 0.3 is 0 Å². The molecular weight excluding hydrogens is 246 g/mol. The molecule has 0 N–H and O–H groups in total. The Morgan fingerprint density at radius 2 is 1.94 bits per heavy atom. The lowest BCUT2D eigenvalue weighted by Crippen LogP contribution is -2.08. The molecule has 0 saturated heterocycles. The fraction of sp³-hybridized carbons (Fsp3) is 0.571. The Kier molecular flexibility index (Phi) is 2.22. The number of rotatable bonds is 3. The van der Waals surface area contributed by atoms with Crippen molar-refractivity contribution in [3.8, 4) is 0 Å². The zero-order chi connectivity index (χ0) is 12.3. The number of nitrogens with zero attached hydrogens (tertiary/aromatic N) is 3. The molecule has 2 aromatic heterocycles. The molecule has 0 unspecified atom stereocenters. The van der Waals surface area contributed by atoms with Gasteiger partial charge in [-0.05, 0) is 50.5 Å². The third-order valence-corrected chi connectivity index (χ3v) is 4.50. The van der Waals surface area contributed by atoms with Crippen LogP contribution in [0, 0.1) is 18.8 Å². The summed E-state index contributed by atoms with van der Waals surface area (Å²) in [5.41, 5.74) is 3.22. The highest BCUT2D eigenvalue weighted by atomic mass is 35.5. The van der Waals surface area contributed by atoms with Crippen LogP contribution < -0.4 is 0 Å². The molecule has 2 saturated carbocycles. The maximum absolute atomic E-state index is 6.33. The summed E-state index contributed by atoms with van der Waals surface area (Å²) in [5.74, 6) is 2.35. The van der Waals surface area contributed by atoms with E-state index in [-0.39, 0.29) is 0 Å². The minimum atomic E-state index is 0.641. The Labute approximate surface area is 111 Å². The molecule has 0 aliphatic heterocycles. The average Bonchev–Trinajstić information content (AvgIpc) is 3.23. The third kappa shape index (κ3) is 1.64. The van der Waals surface area contributed by atoms with Crippen LogP contribution in [0.3, 0.4) is 0 Å². The van der Waals surface area contributed by atoms with Crippen LogP contribution in [0.4, 0.5) is 0 Å². The highest BCUT2D eigenvalue weighted by molar-refractivity contribution is 6.29. The predicted molar refractivity (Wildman–Crippen MR) is 70.9 cm³/mol. The smallest absolute Gasteiger partial charge is 0.159 e. The van der Waals surface area contributed by atoms with Crippen molar-refractivity contribution in [3.05, 3.63) is 28.7 Å². The van der Waals surface area contributed by atoms with Crippen molar-refractivity contribution in [2.24, 2.45) is 11.8 Å². The largest absolute Gasteiger partial charge is 0.233 e. The zero-order valence-electron chi connectivity index (χ0n) is 10.4. The molecule has 3 nitrogen and oxygen atoms in total. The molecule has 94 valence electrons. The van der Waals surface area contributed by atoms with Crippen LogP contribution >= 0.6 is 11.6 Å². The highest BCUT2D eigenvalue weighted by Crippen LogP contribution is 2.54. The Morgan fingerprint density at radius 1 is 1.28 bits per heavy atom. The summed E-state index contributed by atoms with van der Waals surface area (Å²) in [6, 6.07) is 2.03. The quantitative estimate of drug-likeness (QED) is 0.791. The summed E-state index contributed by atoms with van der Waals surface area (Å²) in [4.78, 5) is 4.83. The SMILES string of the molecule is Cc1cnn2c(Cl)cc(C(C3CC3)C3CC3)nc12. The molecule has 2 aromatic rings. The van der Waals surface area contributed by atoms with Gasteiger partial charge in [0.25, 0.3) is 0 Å². The fourth-order valence-electron chi connectivity index (χ4n) is 3.00. The van der Waals surface area contributed by atoms with Crippen LogP contribution in [0.2, 0.25) is 5.15 Å². The molecule has 18 heavy (non-hydrogen) atoms. The van der Waals surface area contributed by atoms with E-state index in [0.717, 1.165) is 23.0 Å². The van der Waals surface area contributed by atoms with Crippen molar-refractivity contribution in [1.29, 1.82) is 0 Å². The number of hydrogen-bond acceptors (Lipinski definition) is 2. The van der Waals surface area contributed by atoms with E-state index in [9.17, 15) is 0 Å². The third-order valence-electron chi connectivity index (χ3n) is 4.23. The number of fused-ring (bicyclic) bond motifs is 1. The number of hydrogen-bond donors (Lipinski definition) is 0. The topological polar surface area (TPSA) is 30.2 Å². The van der Waals surface area contributed by atoms with E-state index in [1.54, 1.807) is 4.52 Å². The molecule has 0 amide bonds. The molecule has 2 fully saturated rings. The second-order valence-corrected chi connectivity index (χ2v) is 6.15. The van der Waals surface area contributed by atoms with E-state index in [1.807, 2.05) is 19.2 Å². The van der Waals surface area contributed by atoms with Crippen LogP contribution in [0.15, 0.2) is 12.3 Å². The lowest BCUT2D eigenvalue weighted by Gasteiger charge is -2.15. The van der Waals surface area contributed by atoms with Gasteiger partial charge in [-0.1, -0.05) is 11.6 Å². The summed E-state index contributed by atoms with van der Waals surface area (Å²) >= 11 is 6.33. The van der Waals surface area contributed by atoms with Crippen LogP contribution in [-0.2, 0) is 0 Å². The Bertz CT molecular complexity index is 599. The molecular formula is C14H16ClN3. The van der Waals surface area contributed by atoms with Gasteiger partial charge in [-0.15, -0.1) is 0 Å². The molecule has 2 aliphatic rings. The van der Waals surface area contributed by atoms with Gasteiger partial charge in [0, 0.05) is 17.2 Å². The van der Waals surface area contributed by atoms with Crippen molar-refractivity contribution in [2.45, 2.75) is 38.5 Å². The van der Waals surface area contributed by atoms with E-state index in [1.165, 1.54) is 31.4 Å². The molecule has 0 spiro atoms. The zero-order valence-corrected chi connectivity index (χ0v) is 11.2. The van der Waals surface area contributed by atoms with Crippen LogP contribution in [0.1, 0.15) is 42.9 Å². The minimum absolute atomic E-state index is 0.641. The van der Waals surface area contributed by atoms with Gasteiger partial charge in [0.05, 0.1) is 6.20 Å². The summed E-state index contributed by atoms with van der Waals surface area (Å²) in [7, 11) is 0. The summed E-state index contributed by atoms with van der Waals surface area (Å²) in [5, 5.41) is 4.95. The standard InChI is InChI=1S/C14H16ClN3/c1-8-7-16-18-12(15)6-11(17-14(8)18)13(9-2-3-9)10-4-5-10/h6-7,9-10,13H,2-5H2,1H3. The van der Waals surface area contributed by atoms with Gasteiger partial charge in [0.15, 0.2) is 5.65 Å². The molecule has 0 atom stereocenters. The minimum Gasteiger partial charge on any atom is -0.233 e. The van der Waals surface area contributed by atoms with Gasteiger partial charge < -0.3 is 0 Å². The lowest BCUT2D eigenvalue weighted by molar-refractivity contribution is 0.524. The van der Waals surface area contributed by atoms with Gasteiger partial charge in [0.2, 0.25) is 0 Å². The van der Waals surface area contributed by atoms with Gasteiger partial charge in [-0.2, -0.15) is 5.10 Å². The summed E-state index contributed by atoms with van der Waals surface area (Å²) < 4.78 is 1.73. The van der Waals surface area contributed by atoms with Crippen LogP contribution in [0.25, 0.3) is 5.65 Å². The van der Waals surface area contributed by atoms with Crippen LogP contribution in [0.5, 0.6) is 0 Å². The first-order valence-corrected chi connectivity index (χ1v) is 7.12. The second-order valence-electron chi connectivity index (χ2n) is 5.77. The van der Waals surface area contributed by atoms with Crippen molar-refractivity contribution < 1.29 is 0 Å². The van der Waals surface area contributed by atoms with E-state index in [2.05, 4.69) is 5.10 Å². The number of aromatic nitrogens is 3. The van der Waals surface area contributed by atoms with E-state index in [0.29, 0.717) is 11.1 Å². The monoisotopic (exact) mass is 261 g/mol. The van der Waals surface area contributed by atoms with E-state index in [4.69, 9.17) is 16.6 Å². The molecule has 4 heteroatoms. The number of halogens is 1. The van der Waals surface area contributed by atoms with Gasteiger partial charge in [0.1, 0.15) is 5.15 Å².